The molecule has 0 bridgehead atoms. The molecule has 1 nitrogen and oxygen atoms in total. The van der Waals surface area contributed by atoms with Crippen LogP contribution in [0.4, 0.5) is 10.1 Å². The van der Waals surface area contributed by atoms with Crippen LogP contribution in [0.25, 0.3) is 0 Å². The van der Waals surface area contributed by atoms with Gasteiger partial charge < -0.3 is 5.32 Å². The predicted molar refractivity (Wildman–Crippen MR) is 85.0 cm³/mol. The van der Waals surface area contributed by atoms with Gasteiger partial charge in [-0.2, -0.15) is 0 Å². The van der Waals surface area contributed by atoms with E-state index in [1.807, 2.05) is 0 Å². The van der Waals surface area contributed by atoms with Crippen molar-refractivity contribution >= 4 is 37.5 Å². The van der Waals surface area contributed by atoms with Crippen LogP contribution in [0.1, 0.15) is 16.7 Å². The molecular formula is C15H14Br2FN. The number of hydrogen-bond acceptors (Lipinski definition) is 1. The minimum Gasteiger partial charge on any atom is -0.380 e. The van der Waals surface area contributed by atoms with Crippen LogP contribution in [-0.2, 0) is 6.54 Å². The molecule has 0 aliphatic carbocycles. The molecule has 0 fully saturated rings. The molecule has 4 heteroatoms. The first-order chi connectivity index (χ1) is 8.97. The van der Waals surface area contributed by atoms with E-state index < -0.39 is 0 Å². The van der Waals surface area contributed by atoms with Crippen LogP contribution in [-0.4, -0.2) is 0 Å². The summed E-state index contributed by atoms with van der Waals surface area (Å²) in [6.07, 6.45) is 0. The molecule has 0 aromatic heterocycles. The van der Waals surface area contributed by atoms with Crippen molar-refractivity contribution in [3.05, 3.63) is 61.8 Å². The van der Waals surface area contributed by atoms with E-state index in [-0.39, 0.29) is 5.82 Å². The Labute approximate surface area is 129 Å². The highest BCUT2D eigenvalue weighted by Crippen LogP contribution is 2.29. The fourth-order valence-corrected chi connectivity index (χ4v) is 3.29. The van der Waals surface area contributed by atoms with Crippen LogP contribution in [0.2, 0.25) is 0 Å². The highest BCUT2D eigenvalue weighted by molar-refractivity contribution is 9.11. The molecular weight excluding hydrogens is 373 g/mol. The number of benzene rings is 2. The van der Waals surface area contributed by atoms with E-state index in [0.717, 1.165) is 20.2 Å². The lowest BCUT2D eigenvalue weighted by atomic mass is 10.1. The Morgan fingerprint density at radius 3 is 2.42 bits per heavy atom. The maximum atomic E-state index is 13.0. The van der Waals surface area contributed by atoms with Crippen molar-refractivity contribution < 1.29 is 4.39 Å². The molecule has 0 saturated heterocycles. The lowest BCUT2D eigenvalue weighted by Crippen LogP contribution is -2.03. The molecule has 1 N–H and O–H groups in total. The molecule has 0 spiro atoms. The fraction of sp³-hybridized carbons (Fsp3) is 0.200. The van der Waals surface area contributed by atoms with Crippen LogP contribution in [0, 0.1) is 19.7 Å². The van der Waals surface area contributed by atoms with Gasteiger partial charge in [-0.25, -0.2) is 4.39 Å². The van der Waals surface area contributed by atoms with E-state index >= 15 is 0 Å². The topological polar surface area (TPSA) is 12.0 Å². The molecule has 100 valence electrons. The number of rotatable bonds is 3. The second-order valence-electron chi connectivity index (χ2n) is 4.53. The Morgan fingerprint density at radius 2 is 1.79 bits per heavy atom. The Hall–Kier alpha value is -0.870. The first-order valence-corrected chi connectivity index (χ1v) is 7.50. The van der Waals surface area contributed by atoms with Crippen LogP contribution >= 0.6 is 31.9 Å². The molecule has 0 aliphatic heterocycles. The van der Waals surface area contributed by atoms with Crippen molar-refractivity contribution in [2.45, 2.75) is 20.4 Å². The summed E-state index contributed by atoms with van der Waals surface area (Å²) >= 11 is 6.94. The van der Waals surface area contributed by atoms with E-state index in [0.29, 0.717) is 6.54 Å². The molecule has 0 heterocycles. The number of aryl methyl sites for hydroxylation is 2. The standard InChI is InChI=1S/C15H14Br2FN/c1-9-5-10(2)15(14(17)6-9)19-8-11-3-4-12(18)7-13(11)16/h3-7,19H,8H2,1-2H3. The quantitative estimate of drug-likeness (QED) is 0.725. The summed E-state index contributed by atoms with van der Waals surface area (Å²) in [6.45, 7) is 4.78. The Kier molecular flexibility index (Phi) is 4.63. The molecule has 19 heavy (non-hydrogen) atoms. The molecule has 0 unspecified atom stereocenters. The molecule has 2 aromatic rings. The van der Waals surface area contributed by atoms with Gasteiger partial charge in [0.2, 0.25) is 0 Å². The monoisotopic (exact) mass is 385 g/mol. The van der Waals surface area contributed by atoms with Gasteiger partial charge in [-0.3, -0.25) is 0 Å². The van der Waals surface area contributed by atoms with Gasteiger partial charge in [-0.15, -0.1) is 0 Å². The average Bonchev–Trinajstić information content (AvgIpc) is 2.30. The van der Waals surface area contributed by atoms with Crippen LogP contribution in [0.5, 0.6) is 0 Å². The summed E-state index contributed by atoms with van der Waals surface area (Å²) in [5.74, 6) is -0.233. The zero-order valence-electron chi connectivity index (χ0n) is 10.7. The predicted octanol–water partition coefficient (Wildman–Crippen LogP) is 5.58. The van der Waals surface area contributed by atoms with Gasteiger partial charge in [0.1, 0.15) is 5.82 Å². The molecule has 2 aromatic carbocycles. The zero-order valence-corrected chi connectivity index (χ0v) is 13.9. The summed E-state index contributed by atoms with van der Waals surface area (Å²) in [5.41, 5.74) is 4.50. The van der Waals surface area contributed by atoms with Crippen molar-refractivity contribution in [3.8, 4) is 0 Å². The number of hydrogen-bond donors (Lipinski definition) is 1. The number of halogens is 3. The molecule has 0 saturated carbocycles. The van der Waals surface area contributed by atoms with Crippen molar-refractivity contribution in [3.63, 3.8) is 0 Å². The van der Waals surface area contributed by atoms with Gasteiger partial charge in [0, 0.05) is 15.5 Å². The average molecular weight is 387 g/mol. The van der Waals surface area contributed by atoms with E-state index in [4.69, 9.17) is 0 Å². The van der Waals surface area contributed by atoms with Gasteiger partial charge in [0.25, 0.3) is 0 Å². The van der Waals surface area contributed by atoms with Crippen molar-refractivity contribution in [1.82, 2.24) is 0 Å². The van der Waals surface area contributed by atoms with E-state index in [9.17, 15) is 4.39 Å². The van der Waals surface area contributed by atoms with Gasteiger partial charge in [-0.1, -0.05) is 28.1 Å². The summed E-state index contributed by atoms with van der Waals surface area (Å²) in [7, 11) is 0. The molecule has 0 atom stereocenters. The Morgan fingerprint density at radius 1 is 1.05 bits per heavy atom. The second kappa shape index (κ2) is 6.06. The summed E-state index contributed by atoms with van der Waals surface area (Å²) in [5, 5.41) is 3.39. The third-order valence-electron chi connectivity index (χ3n) is 2.90. The normalized spacial score (nSPS) is 10.6. The molecule has 2 rings (SSSR count). The largest absolute Gasteiger partial charge is 0.380 e. The number of anilines is 1. The smallest absolute Gasteiger partial charge is 0.124 e. The van der Waals surface area contributed by atoms with E-state index in [1.165, 1.54) is 23.3 Å². The van der Waals surface area contributed by atoms with E-state index in [2.05, 4.69) is 63.2 Å². The zero-order chi connectivity index (χ0) is 14.0. The van der Waals surface area contributed by atoms with Crippen molar-refractivity contribution in [1.29, 1.82) is 0 Å². The van der Waals surface area contributed by atoms with Crippen LogP contribution in [0.15, 0.2) is 39.3 Å². The maximum absolute atomic E-state index is 13.0. The molecule has 0 radical (unpaired) electrons. The first-order valence-electron chi connectivity index (χ1n) is 5.92. The lowest BCUT2D eigenvalue weighted by molar-refractivity contribution is 0.626. The highest BCUT2D eigenvalue weighted by atomic mass is 79.9. The number of nitrogens with one attached hydrogen (secondary N) is 1. The molecule has 0 amide bonds. The van der Waals surface area contributed by atoms with Gasteiger partial charge in [-0.05, 0) is 64.7 Å². The van der Waals surface area contributed by atoms with Gasteiger partial charge in [0.15, 0.2) is 0 Å². The first kappa shape index (κ1) is 14.5. The SMILES string of the molecule is Cc1cc(C)c(NCc2ccc(F)cc2Br)c(Br)c1. The Bertz CT molecular complexity index is 588. The van der Waals surface area contributed by atoms with E-state index in [1.54, 1.807) is 6.07 Å². The lowest BCUT2D eigenvalue weighted by Gasteiger charge is -2.13. The summed E-state index contributed by atoms with van der Waals surface area (Å²) < 4.78 is 14.8. The second-order valence-corrected chi connectivity index (χ2v) is 6.24. The fourth-order valence-electron chi connectivity index (χ4n) is 1.99. The van der Waals surface area contributed by atoms with Crippen LogP contribution < -0.4 is 5.32 Å². The third-order valence-corrected chi connectivity index (χ3v) is 4.27. The minimum absolute atomic E-state index is 0.233. The van der Waals surface area contributed by atoms with Gasteiger partial charge >= 0.3 is 0 Å². The molecule has 0 aliphatic rings. The maximum Gasteiger partial charge on any atom is 0.124 e. The highest BCUT2D eigenvalue weighted by Gasteiger charge is 2.06. The summed E-state index contributed by atoms with van der Waals surface area (Å²) in [6, 6.07) is 8.94. The van der Waals surface area contributed by atoms with Crippen molar-refractivity contribution in [2.24, 2.45) is 0 Å². The Balaban J connectivity index is 2.19. The summed E-state index contributed by atoms with van der Waals surface area (Å²) in [4.78, 5) is 0. The minimum atomic E-state index is -0.233. The third kappa shape index (κ3) is 3.57. The van der Waals surface area contributed by atoms with Crippen molar-refractivity contribution in [2.75, 3.05) is 5.32 Å². The van der Waals surface area contributed by atoms with Crippen LogP contribution in [0.3, 0.4) is 0 Å². The van der Waals surface area contributed by atoms with Gasteiger partial charge in [0.05, 0.1) is 5.69 Å².